The van der Waals surface area contributed by atoms with E-state index in [0.29, 0.717) is 12.0 Å². The molecule has 92 valence electrons. The molecule has 0 spiro atoms. The number of thiazole rings is 1. The predicted molar refractivity (Wildman–Crippen MR) is 68.3 cm³/mol. The summed E-state index contributed by atoms with van der Waals surface area (Å²) in [6.07, 6.45) is 5.69. The van der Waals surface area contributed by atoms with E-state index in [-0.39, 0.29) is 11.0 Å². The van der Waals surface area contributed by atoms with Gasteiger partial charge in [-0.1, -0.05) is 0 Å². The van der Waals surface area contributed by atoms with Crippen LogP contribution in [0.5, 0.6) is 0 Å². The summed E-state index contributed by atoms with van der Waals surface area (Å²) in [7, 11) is 0. The third-order valence-corrected chi connectivity index (χ3v) is 3.92. The lowest BCUT2D eigenvalue weighted by molar-refractivity contribution is 0.0998. The van der Waals surface area contributed by atoms with Crippen molar-refractivity contribution < 1.29 is 4.79 Å². The number of hydrogen-bond donors (Lipinski definition) is 1. The van der Waals surface area contributed by atoms with Gasteiger partial charge in [0.05, 0.1) is 0 Å². The van der Waals surface area contributed by atoms with Gasteiger partial charge in [0.25, 0.3) is 5.91 Å². The first-order valence-corrected chi connectivity index (χ1v) is 6.53. The van der Waals surface area contributed by atoms with Crippen molar-refractivity contribution in [2.24, 2.45) is 5.73 Å². The molecule has 3 rings (SSSR count). The lowest BCUT2D eigenvalue weighted by atomic mass is 10.1. The summed E-state index contributed by atoms with van der Waals surface area (Å²) in [5.74, 6) is -0.681. The van der Waals surface area contributed by atoms with E-state index in [1.807, 2.05) is 9.95 Å². The first-order valence-electron chi connectivity index (χ1n) is 5.65. The number of carbonyl (C=O) groups is 1. The summed E-state index contributed by atoms with van der Waals surface area (Å²) >= 11 is 1.47. The predicted octanol–water partition coefficient (Wildman–Crippen LogP) is 0.882. The van der Waals surface area contributed by atoms with E-state index in [9.17, 15) is 9.59 Å². The molecule has 6 heteroatoms. The van der Waals surface area contributed by atoms with Gasteiger partial charge < -0.3 is 5.73 Å². The minimum atomic E-state index is -0.681. The molecule has 0 atom stereocenters. The van der Waals surface area contributed by atoms with Crippen molar-refractivity contribution in [1.82, 2.24) is 9.55 Å². The fourth-order valence-electron chi connectivity index (χ4n) is 2.35. The van der Waals surface area contributed by atoms with Crippen LogP contribution in [0.3, 0.4) is 0 Å². The molecule has 2 aromatic rings. The standard InChI is InChI=1S/C12H11N3O2S/c13-11(17)8-6-15(12-14-4-5-18-12)9-3-1-2-7(9)10(8)16/h4-6H,1-3H2,(H2,13,17). The quantitative estimate of drug-likeness (QED) is 0.871. The second kappa shape index (κ2) is 4.06. The summed E-state index contributed by atoms with van der Waals surface area (Å²) in [5, 5.41) is 2.62. The molecule has 18 heavy (non-hydrogen) atoms. The average Bonchev–Trinajstić information content (AvgIpc) is 3.00. The fraction of sp³-hybridized carbons (Fsp3) is 0.250. The molecule has 0 aliphatic heterocycles. The molecule has 0 bridgehead atoms. The number of primary amides is 1. The van der Waals surface area contributed by atoms with Crippen LogP contribution >= 0.6 is 11.3 Å². The van der Waals surface area contributed by atoms with Crippen molar-refractivity contribution >= 4 is 17.2 Å². The number of nitrogens with two attached hydrogens (primary N) is 1. The Bertz CT molecular complexity index is 673. The average molecular weight is 261 g/mol. The molecule has 0 radical (unpaired) electrons. The topological polar surface area (TPSA) is 78.0 Å². The van der Waals surface area contributed by atoms with Crippen LogP contribution in [0.2, 0.25) is 0 Å². The number of nitrogens with zero attached hydrogens (tertiary/aromatic N) is 2. The summed E-state index contributed by atoms with van der Waals surface area (Å²) in [6, 6.07) is 0. The van der Waals surface area contributed by atoms with Gasteiger partial charge in [-0.25, -0.2) is 4.98 Å². The van der Waals surface area contributed by atoms with Crippen molar-refractivity contribution in [1.29, 1.82) is 0 Å². The zero-order valence-electron chi connectivity index (χ0n) is 9.55. The summed E-state index contributed by atoms with van der Waals surface area (Å²) < 4.78 is 1.83. The minimum Gasteiger partial charge on any atom is -0.365 e. The van der Waals surface area contributed by atoms with Crippen LogP contribution in [0, 0.1) is 0 Å². The first kappa shape index (κ1) is 11.2. The molecular formula is C12H11N3O2S. The van der Waals surface area contributed by atoms with Gasteiger partial charge in [0.1, 0.15) is 5.56 Å². The van der Waals surface area contributed by atoms with Gasteiger partial charge in [-0.15, -0.1) is 11.3 Å². The maximum Gasteiger partial charge on any atom is 0.254 e. The van der Waals surface area contributed by atoms with E-state index in [2.05, 4.69) is 4.98 Å². The van der Waals surface area contributed by atoms with Crippen molar-refractivity contribution in [3.05, 3.63) is 44.8 Å². The second-order valence-corrected chi connectivity index (χ2v) is 5.07. The molecule has 0 unspecified atom stereocenters. The normalized spacial score (nSPS) is 13.6. The monoisotopic (exact) mass is 261 g/mol. The molecule has 2 aromatic heterocycles. The van der Waals surface area contributed by atoms with E-state index in [1.165, 1.54) is 17.5 Å². The number of aromatic nitrogens is 2. The lowest BCUT2D eigenvalue weighted by Gasteiger charge is -2.11. The highest BCUT2D eigenvalue weighted by Crippen LogP contribution is 2.23. The number of amides is 1. The molecule has 1 aliphatic carbocycles. The maximum atomic E-state index is 12.1. The first-order chi connectivity index (χ1) is 8.68. The Morgan fingerprint density at radius 1 is 1.44 bits per heavy atom. The number of rotatable bonds is 2. The number of hydrogen-bond acceptors (Lipinski definition) is 4. The van der Waals surface area contributed by atoms with Crippen molar-refractivity contribution in [3.63, 3.8) is 0 Å². The van der Waals surface area contributed by atoms with Gasteiger partial charge in [0, 0.05) is 29.0 Å². The van der Waals surface area contributed by atoms with Crippen LogP contribution in [0.4, 0.5) is 0 Å². The molecule has 1 aliphatic rings. The van der Waals surface area contributed by atoms with E-state index >= 15 is 0 Å². The molecule has 0 aromatic carbocycles. The zero-order valence-corrected chi connectivity index (χ0v) is 10.4. The number of pyridine rings is 1. The van der Waals surface area contributed by atoms with E-state index in [0.717, 1.165) is 23.7 Å². The summed E-state index contributed by atoms with van der Waals surface area (Å²) in [5.41, 5.74) is 6.76. The molecule has 5 nitrogen and oxygen atoms in total. The Kier molecular flexibility index (Phi) is 2.52. The summed E-state index contributed by atoms with van der Waals surface area (Å²) in [4.78, 5) is 27.6. The lowest BCUT2D eigenvalue weighted by Crippen LogP contribution is -2.26. The molecular weight excluding hydrogens is 250 g/mol. The molecule has 1 amide bonds. The van der Waals surface area contributed by atoms with Crippen LogP contribution in [0.15, 0.2) is 22.6 Å². The highest BCUT2D eigenvalue weighted by Gasteiger charge is 2.23. The van der Waals surface area contributed by atoms with Crippen molar-refractivity contribution in [2.45, 2.75) is 19.3 Å². The van der Waals surface area contributed by atoms with Gasteiger partial charge in [-0.3, -0.25) is 14.2 Å². The maximum absolute atomic E-state index is 12.1. The Labute approximate surface area is 107 Å². The molecule has 2 N–H and O–H groups in total. The van der Waals surface area contributed by atoms with Crippen LogP contribution in [-0.2, 0) is 12.8 Å². The zero-order chi connectivity index (χ0) is 12.7. The fourth-order valence-corrected chi connectivity index (χ4v) is 2.99. The highest BCUT2D eigenvalue weighted by molar-refractivity contribution is 7.12. The highest BCUT2D eigenvalue weighted by atomic mass is 32.1. The largest absolute Gasteiger partial charge is 0.365 e. The molecule has 0 saturated heterocycles. The van der Waals surface area contributed by atoms with E-state index in [1.54, 1.807) is 6.20 Å². The Morgan fingerprint density at radius 3 is 2.94 bits per heavy atom. The van der Waals surface area contributed by atoms with Crippen LogP contribution in [-0.4, -0.2) is 15.5 Å². The Hall–Kier alpha value is -1.95. The molecule has 0 fully saturated rings. The van der Waals surface area contributed by atoms with Crippen molar-refractivity contribution in [3.8, 4) is 5.13 Å². The third-order valence-electron chi connectivity index (χ3n) is 3.15. The van der Waals surface area contributed by atoms with Crippen LogP contribution < -0.4 is 11.2 Å². The van der Waals surface area contributed by atoms with Gasteiger partial charge >= 0.3 is 0 Å². The smallest absolute Gasteiger partial charge is 0.254 e. The van der Waals surface area contributed by atoms with Gasteiger partial charge in [-0.05, 0) is 19.3 Å². The number of carbonyl (C=O) groups excluding carboxylic acids is 1. The SMILES string of the molecule is NC(=O)c1cn(-c2nccs2)c2c(c1=O)CCC2. The van der Waals surface area contributed by atoms with Crippen molar-refractivity contribution in [2.75, 3.05) is 0 Å². The van der Waals surface area contributed by atoms with Crippen LogP contribution in [0.1, 0.15) is 28.0 Å². The second-order valence-electron chi connectivity index (χ2n) is 4.20. The number of fused-ring (bicyclic) bond motifs is 1. The third kappa shape index (κ3) is 1.57. The van der Waals surface area contributed by atoms with E-state index in [4.69, 9.17) is 5.73 Å². The summed E-state index contributed by atoms with van der Waals surface area (Å²) in [6.45, 7) is 0. The van der Waals surface area contributed by atoms with Gasteiger partial charge in [0.15, 0.2) is 10.6 Å². The molecule has 0 saturated carbocycles. The molecule has 2 heterocycles. The Balaban J connectivity index is 2.33. The Morgan fingerprint density at radius 2 is 2.28 bits per heavy atom. The van der Waals surface area contributed by atoms with Gasteiger partial charge in [-0.2, -0.15) is 0 Å². The van der Waals surface area contributed by atoms with E-state index < -0.39 is 5.91 Å². The minimum absolute atomic E-state index is 0.0471. The van der Waals surface area contributed by atoms with Gasteiger partial charge in [0.2, 0.25) is 0 Å². The van der Waals surface area contributed by atoms with Crippen LogP contribution in [0.25, 0.3) is 5.13 Å².